The molecule has 0 radical (unpaired) electrons. The normalized spacial score (nSPS) is 12.1. The van der Waals surface area contributed by atoms with Crippen LogP contribution in [0.15, 0.2) is 61.2 Å². The predicted octanol–water partition coefficient (Wildman–Crippen LogP) is 5.02. The molecule has 1 heterocycles. The second kappa shape index (κ2) is 8.03. The Morgan fingerprint density at radius 3 is 2.22 bits per heavy atom. The van der Waals surface area contributed by atoms with Gasteiger partial charge in [-0.3, -0.25) is 0 Å². The topological polar surface area (TPSA) is 8.81 Å². The number of rotatable bonds is 5. The van der Waals surface area contributed by atoms with Crippen LogP contribution in [0.5, 0.6) is 0 Å². The Morgan fingerprint density at radius 2 is 1.63 bits per heavy atom. The molecule has 0 aliphatic heterocycles. The van der Waals surface area contributed by atoms with Gasteiger partial charge >= 0.3 is 0 Å². The van der Waals surface area contributed by atoms with Gasteiger partial charge in [-0.05, 0) is 37.2 Å². The van der Waals surface area contributed by atoms with Crippen molar-refractivity contribution in [2.45, 2.75) is 53.3 Å². The molecular formula is C23H31BN2P+. The lowest BCUT2D eigenvalue weighted by atomic mass is 9.53. The summed E-state index contributed by atoms with van der Waals surface area (Å²) in [6.45, 7) is 13.7. The third kappa shape index (κ3) is 4.90. The van der Waals surface area contributed by atoms with Crippen molar-refractivity contribution >= 4 is 20.2 Å². The summed E-state index contributed by atoms with van der Waals surface area (Å²) in [6, 6.07) is 15.4. The molecule has 0 bridgehead atoms. The van der Waals surface area contributed by atoms with Gasteiger partial charge in [0.2, 0.25) is 12.8 Å². The van der Waals surface area contributed by atoms with Crippen molar-refractivity contribution in [3.8, 4) is 5.69 Å². The monoisotopic (exact) mass is 377 g/mol. The van der Waals surface area contributed by atoms with E-state index in [9.17, 15) is 0 Å². The van der Waals surface area contributed by atoms with E-state index in [1.807, 2.05) is 0 Å². The maximum Gasteiger partial charge on any atom is 0.248 e. The van der Waals surface area contributed by atoms with E-state index < -0.39 is 0 Å². The van der Waals surface area contributed by atoms with Gasteiger partial charge < -0.3 is 0 Å². The fourth-order valence-corrected chi connectivity index (χ4v) is 5.22. The van der Waals surface area contributed by atoms with Gasteiger partial charge in [-0.1, -0.05) is 74.1 Å². The molecule has 1 atom stereocenters. The van der Waals surface area contributed by atoms with Crippen molar-refractivity contribution in [1.82, 2.24) is 4.57 Å². The van der Waals surface area contributed by atoms with E-state index in [0.29, 0.717) is 6.43 Å². The minimum absolute atomic E-state index is 0.263. The molecule has 3 rings (SSSR count). The Hall–Kier alpha value is -1.86. The van der Waals surface area contributed by atoms with Crippen LogP contribution >= 0.6 is 8.46 Å². The van der Waals surface area contributed by atoms with Crippen LogP contribution in [0.1, 0.15) is 37.5 Å². The van der Waals surface area contributed by atoms with Crippen molar-refractivity contribution in [2.24, 2.45) is 0 Å². The number of hydrogen-bond acceptors (Lipinski definition) is 0. The largest absolute Gasteiger partial charge is 0.248 e. The molecule has 0 saturated carbocycles. The highest BCUT2D eigenvalue weighted by molar-refractivity contribution is 7.82. The third-order valence-electron chi connectivity index (χ3n) is 5.14. The Morgan fingerprint density at radius 1 is 1.00 bits per heavy atom. The quantitative estimate of drug-likeness (QED) is 0.335. The molecule has 1 aromatic heterocycles. The average molecular weight is 377 g/mol. The maximum absolute atomic E-state index is 2.36. The lowest BCUT2D eigenvalue weighted by Crippen LogP contribution is -2.43. The van der Waals surface area contributed by atoms with Crippen molar-refractivity contribution in [3.63, 3.8) is 0 Å². The first kappa shape index (κ1) is 19.9. The first-order valence-electron chi connectivity index (χ1n) is 9.71. The van der Waals surface area contributed by atoms with Crippen LogP contribution in [0, 0.1) is 20.8 Å². The van der Waals surface area contributed by atoms with E-state index in [-0.39, 0.29) is 5.31 Å². The standard InChI is InChI=1S/C23H31BN2P/c1-18-14-19(2)22(20(3)15-18)26-13-12-25(17-26)16-24(23(4,5)6)27-21-10-8-7-9-11-21/h7-15,17,27H,16H2,1-6H3/q+1. The molecule has 140 valence electrons. The second-order valence-corrected chi connectivity index (χ2v) is 10.3. The number of benzene rings is 2. The fraction of sp³-hybridized carbons (Fsp3) is 0.348. The van der Waals surface area contributed by atoms with Crippen molar-refractivity contribution < 1.29 is 4.57 Å². The molecule has 4 heteroatoms. The number of hydrogen-bond donors (Lipinski definition) is 0. The van der Waals surface area contributed by atoms with E-state index >= 15 is 0 Å². The number of imidazole rings is 1. The van der Waals surface area contributed by atoms with Crippen molar-refractivity contribution in [3.05, 3.63) is 77.9 Å². The van der Waals surface area contributed by atoms with Crippen LogP contribution in [0.4, 0.5) is 0 Å². The molecule has 0 fully saturated rings. The molecule has 0 aliphatic carbocycles. The summed E-state index contributed by atoms with van der Waals surface area (Å²) in [4.78, 5) is 0. The maximum atomic E-state index is 2.36. The Kier molecular flexibility index (Phi) is 5.91. The summed E-state index contributed by atoms with van der Waals surface area (Å²) < 4.78 is 4.63. The highest BCUT2D eigenvalue weighted by Gasteiger charge is 2.31. The SMILES string of the molecule is Cc1cc(C)c(-n2cc[n+](CB(Pc3ccccc3)C(C)(C)C)c2)c(C)c1. The average Bonchev–Trinajstić information content (AvgIpc) is 3.01. The zero-order valence-electron chi connectivity index (χ0n) is 17.5. The number of aromatic nitrogens is 2. The molecule has 3 aromatic rings. The first-order valence-corrected chi connectivity index (χ1v) is 10.8. The number of aryl methyl sites for hydroxylation is 3. The molecule has 27 heavy (non-hydrogen) atoms. The van der Waals surface area contributed by atoms with Gasteiger partial charge in [0.05, 0.1) is 6.44 Å². The molecular weight excluding hydrogens is 346 g/mol. The Labute approximate surface area is 166 Å². The van der Waals surface area contributed by atoms with Crippen LogP contribution in [-0.2, 0) is 6.44 Å². The van der Waals surface area contributed by atoms with Crippen molar-refractivity contribution in [2.75, 3.05) is 0 Å². The summed E-state index contributed by atoms with van der Waals surface area (Å²) in [6.07, 6.45) is 8.29. The highest BCUT2D eigenvalue weighted by atomic mass is 31.1. The summed E-state index contributed by atoms with van der Waals surface area (Å²) >= 11 is 0. The summed E-state index contributed by atoms with van der Waals surface area (Å²) in [5, 5.41) is 1.71. The van der Waals surface area contributed by atoms with E-state index in [1.165, 1.54) is 27.7 Å². The van der Waals surface area contributed by atoms with Gasteiger partial charge in [0.15, 0.2) is 0 Å². The van der Waals surface area contributed by atoms with E-state index in [0.717, 1.165) is 14.9 Å². The molecule has 1 unspecified atom stereocenters. The first-order chi connectivity index (χ1) is 12.7. The van der Waals surface area contributed by atoms with Crippen LogP contribution in [0.3, 0.4) is 0 Å². The molecule has 0 spiro atoms. The van der Waals surface area contributed by atoms with Gasteiger partial charge in [0, 0.05) is 0 Å². The Balaban J connectivity index is 1.85. The van der Waals surface area contributed by atoms with E-state index in [1.54, 1.807) is 0 Å². The van der Waals surface area contributed by atoms with Crippen molar-refractivity contribution in [1.29, 1.82) is 0 Å². The van der Waals surface area contributed by atoms with E-state index in [4.69, 9.17) is 0 Å². The zero-order valence-corrected chi connectivity index (χ0v) is 18.5. The molecule has 0 amide bonds. The molecule has 0 aliphatic rings. The highest BCUT2D eigenvalue weighted by Crippen LogP contribution is 2.36. The summed E-state index contributed by atoms with van der Waals surface area (Å²) in [5.41, 5.74) is 5.28. The van der Waals surface area contributed by atoms with Crippen LogP contribution in [-0.4, -0.2) is 11.0 Å². The van der Waals surface area contributed by atoms with Crippen LogP contribution in [0.2, 0.25) is 5.31 Å². The van der Waals surface area contributed by atoms with Crippen LogP contribution < -0.4 is 9.87 Å². The summed E-state index contributed by atoms with van der Waals surface area (Å²) in [5.74, 6) is 0. The van der Waals surface area contributed by atoms with Gasteiger partial charge in [-0.2, -0.15) is 0 Å². The van der Waals surface area contributed by atoms with Gasteiger partial charge in [-0.25, -0.2) is 9.13 Å². The fourth-order valence-electron chi connectivity index (χ4n) is 3.70. The molecule has 2 nitrogen and oxygen atoms in total. The minimum atomic E-state index is 0.263. The lowest BCUT2D eigenvalue weighted by molar-refractivity contribution is -0.679. The molecule has 2 aromatic carbocycles. The zero-order chi connectivity index (χ0) is 19.6. The minimum Gasteiger partial charge on any atom is -0.243 e. The second-order valence-electron chi connectivity index (χ2n) is 8.69. The third-order valence-corrected chi connectivity index (χ3v) is 7.20. The smallest absolute Gasteiger partial charge is 0.243 e. The predicted molar refractivity (Wildman–Crippen MR) is 120 cm³/mol. The summed E-state index contributed by atoms with van der Waals surface area (Å²) in [7, 11) is 0.812. The molecule has 0 saturated heterocycles. The number of nitrogens with zero attached hydrogens (tertiary/aromatic N) is 2. The Bertz CT molecular complexity index is 887. The van der Waals surface area contributed by atoms with Gasteiger partial charge in [0.25, 0.3) is 0 Å². The van der Waals surface area contributed by atoms with Gasteiger partial charge in [-0.15, -0.1) is 8.46 Å². The van der Waals surface area contributed by atoms with Crippen LogP contribution in [0.25, 0.3) is 5.69 Å². The van der Waals surface area contributed by atoms with E-state index in [2.05, 4.69) is 112 Å². The van der Waals surface area contributed by atoms with Gasteiger partial charge in [0.1, 0.15) is 18.1 Å². The molecule has 0 N–H and O–H groups in total. The lowest BCUT2D eigenvalue weighted by Gasteiger charge is -2.26.